The highest BCUT2D eigenvalue weighted by molar-refractivity contribution is 5.99. The van der Waals surface area contributed by atoms with Crippen LogP contribution in [-0.4, -0.2) is 45.8 Å². The topological polar surface area (TPSA) is 80.3 Å². The van der Waals surface area contributed by atoms with Crippen LogP contribution in [0.1, 0.15) is 15.9 Å². The highest BCUT2D eigenvalue weighted by Crippen LogP contribution is 2.31. The highest BCUT2D eigenvalue weighted by atomic mass is 16.6. The Morgan fingerprint density at radius 3 is 2.54 bits per heavy atom. The number of fused-ring (bicyclic) bond motifs is 1. The molecule has 2 aromatic rings. The Morgan fingerprint density at radius 1 is 1.00 bits per heavy atom. The summed E-state index contributed by atoms with van der Waals surface area (Å²) in [7, 11) is 3.08. The summed E-state index contributed by atoms with van der Waals surface area (Å²) in [4.78, 5) is 24.2. The fraction of sp³-hybridized carbons (Fsp3) is 0.238. The summed E-state index contributed by atoms with van der Waals surface area (Å²) in [6.45, 7) is 0.533. The molecule has 28 heavy (non-hydrogen) atoms. The normalized spacial score (nSPS) is 12.5. The summed E-state index contributed by atoms with van der Waals surface area (Å²) in [5.74, 6) is 1.33. The maximum Gasteiger partial charge on any atom is 0.331 e. The quantitative estimate of drug-likeness (QED) is 0.412. The van der Waals surface area contributed by atoms with Gasteiger partial charge in [0.05, 0.1) is 14.2 Å². The number of hydrogen-bond donors (Lipinski definition) is 0. The second kappa shape index (κ2) is 8.94. The Bertz CT molecular complexity index is 902. The van der Waals surface area contributed by atoms with Gasteiger partial charge in [-0.25, -0.2) is 4.79 Å². The van der Waals surface area contributed by atoms with Crippen LogP contribution in [0.25, 0.3) is 6.08 Å². The smallest absolute Gasteiger partial charge is 0.331 e. The zero-order valence-corrected chi connectivity index (χ0v) is 15.6. The Balaban J connectivity index is 1.58. The molecule has 7 heteroatoms. The first-order chi connectivity index (χ1) is 13.6. The van der Waals surface area contributed by atoms with Crippen molar-refractivity contribution in [1.82, 2.24) is 0 Å². The van der Waals surface area contributed by atoms with Gasteiger partial charge in [-0.2, -0.15) is 0 Å². The molecule has 0 aliphatic carbocycles. The predicted octanol–water partition coefficient (Wildman–Crippen LogP) is 2.91. The number of esters is 1. The van der Waals surface area contributed by atoms with E-state index in [1.54, 1.807) is 49.6 Å². The van der Waals surface area contributed by atoms with E-state index in [1.165, 1.54) is 13.2 Å². The summed E-state index contributed by atoms with van der Waals surface area (Å²) in [5, 5.41) is 0. The van der Waals surface area contributed by atoms with Crippen LogP contribution in [0.5, 0.6) is 23.0 Å². The van der Waals surface area contributed by atoms with E-state index in [0.29, 0.717) is 47.3 Å². The molecule has 0 aromatic heterocycles. The van der Waals surface area contributed by atoms with E-state index in [9.17, 15) is 9.59 Å². The van der Waals surface area contributed by atoms with Crippen LogP contribution in [0.2, 0.25) is 0 Å². The molecule has 1 aliphatic heterocycles. The number of Topliss-reactive ketones (excluding diaryl/α,β-unsaturated/α-hetero) is 1. The first-order valence-corrected chi connectivity index (χ1v) is 8.60. The van der Waals surface area contributed by atoms with Crippen LogP contribution in [0.3, 0.4) is 0 Å². The maximum atomic E-state index is 12.2. The van der Waals surface area contributed by atoms with Crippen LogP contribution in [-0.2, 0) is 9.53 Å². The molecule has 0 amide bonds. The van der Waals surface area contributed by atoms with Gasteiger partial charge in [0, 0.05) is 23.3 Å². The molecule has 0 spiro atoms. The third-order valence-electron chi connectivity index (χ3n) is 4.05. The van der Waals surface area contributed by atoms with Crippen molar-refractivity contribution in [2.75, 3.05) is 34.0 Å². The zero-order chi connectivity index (χ0) is 19.9. The maximum absolute atomic E-state index is 12.2. The highest BCUT2D eigenvalue weighted by Gasteiger charge is 2.16. The Labute approximate surface area is 162 Å². The number of carbonyl (C=O) groups is 2. The van der Waals surface area contributed by atoms with E-state index in [-0.39, 0.29) is 12.4 Å². The molecule has 146 valence electrons. The van der Waals surface area contributed by atoms with Crippen LogP contribution >= 0.6 is 0 Å². The molecule has 0 fully saturated rings. The van der Waals surface area contributed by atoms with E-state index in [4.69, 9.17) is 23.7 Å². The van der Waals surface area contributed by atoms with Crippen molar-refractivity contribution < 1.29 is 33.3 Å². The molecule has 1 heterocycles. The summed E-state index contributed by atoms with van der Waals surface area (Å²) in [6.07, 6.45) is 2.79. The molecule has 1 aliphatic rings. The van der Waals surface area contributed by atoms with E-state index in [2.05, 4.69) is 0 Å². The van der Waals surface area contributed by atoms with Crippen LogP contribution in [0.4, 0.5) is 0 Å². The molecule has 0 saturated heterocycles. The van der Waals surface area contributed by atoms with Gasteiger partial charge in [0.15, 0.2) is 23.9 Å². The van der Waals surface area contributed by atoms with Crippen molar-refractivity contribution in [3.8, 4) is 23.0 Å². The lowest BCUT2D eigenvalue weighted by molar-refractivity contribution is -0.136. The van der Waals surface area contributed by atoms with Crippen molar-refractivity contribution in [2.45, 2.75) is 0 Å². The molecule has 0 saturated carbocycles. The Kier molecular flexibility index (Phi) is 6.16. The number of rotatable bonds is 7. The third-order valence-corrected chi connectivity index (χ3v) is 4.05. The monoisotopic (exact) mass is 384 g/mol. The largest absolute Gasteiger partial charge is 0.497 e. The van der Waals surface area contributed by atoms with Crippen molar-refractivity contribution in [1.29, 1.82) is 0 Å². The van der Waals surface area contributed by atoms with Gasteiger partial charge in [0.1, 0.15) is 24.7 Å². The van der Waals surface area contributed by atoms with Gasteiger partial charge in [-0.15, -0.1) is 0 Å². The van der Waals surface area contributed by atoms with Gasteiger partial charge >= 0.3 is 5.97 Å². The second-order valence-corrected chi connectivity index (χ2v) is 5.83. The average molecular weight is 384 g/mol. The average Bonchev–Trinajstić information content (AvgIpc) is 2.75. The first kappa shape index (κ1) is 19.3. The fourth-order valence-electron chi connectivity index (χ4n) is 2.60. The molecule has 3 rings (SSSR count). The Hall–Kier alpha value is -3.48. The van der Waals surface area contributed by atoms with Gasteiger partial charge in [0.2, 0.25) is 0 Å². The van der Waals surface area contributed by atoms with Crippen LogP contribution in [0.15, 0.2) is 42.5 Å². The standard InChI is InChI=1S/C21H20O7/c1-24-16-6-3-14(19(12-16)25-2)5-8-21(23)28-13-17(22)15-4-7-18-20(11-15)27-10-9-26-18/h3-8,11-12H,9-10,13H2,1-2H3/b8-5+. The fourth-order valence-corrected chi connectivity index (χ4v) is 2.60. The third kappa shape index (κ3) is 4.62. The summed E-state index contributed by atoms with van der Waals surface area (Å²) >= 11 is 0. The van der Waals surface area contributed by atoms with Gasteiger partial charge in [0.25, 0.3) is 0 Å². The van der Waals surface area contributed by atoms with Crippen molar-refractivity contribution in [3.63, 3.8) is 0 Å². The second-order valence-electron chi connectivity index (χ2n) is 5.83. The lowest BCUT2D eigenvalue weighted by Crippen LogP contribution is -2.17. The van der Waals surface area contributed by atoms with E-state index in [1.807, 2.05) is 0 Å². The molecule has 0 N–H and O–H groups in total. The van der Waals surface area contributed by atoms with Gasteiger partial charge < -0.3 is 23.7 Å². The number of ketones is 1. The lowest BCUT2D eigenvalue weighted by atomic mass is 10.1. The molecule has 0 atom stereocenters. The molecule has 0 bridgehead atoms. The van der Waals surface area contributed by atoms with E-state index in [0.717, 1.165) is 0 Å². The molecule has 2 aromatic carbocycles. The van der Waals surface area contributed by atoms with Crippen molar-refractivity contribution in [3.05, 3.63) is 53.6 Å². The van der Waals surface area contributed by atoms with E-state index >= 15 is 0 Å². The lowest BCUT2D eigenvalue weighted by Gasteiger charge is -2.18. The van der Waals surface area contributed by atoms with E-state index < -0.39 is 5.97 Å². The van der Waals surface area contributed by atoms with Gasteiger partial charge in [-0.1, -0.05) is 0 Å². The van der Waals surface area contributed by atoms with Gasteiger partial charge in [-0.05, 0) is 36.4 Å². The van der Waals surface area contributed by atoms with Crippen LogP contribution in [0, 0.1) is 0 Å². The minimum atomic E-state index is -0.635. The summed E-state index contributed by atoms with van der Waals surface area (Å²) < 4.78 is 26.3. The molecule has 7 nitrogen and oxygen atoms in total. The minimum Gasteiger partial charge on any atom is -0.497 e. The van der Waals surface area contributed by atoms with Gasteiger partial charge in [-0.3, -0.25) is 4.79 Å². The first-order valence-electron chi connectivity index (χ1n) is 8.60. The molecule has 0 unspecified atom stereocenters. The predicted molar refractivity (Wildman–Crippen MR) is 101 cm³/mol. The number of carbonyl (C=O) groups excluding carboxylic acids is 2. The molecule has 0 radical (unpaired) electrons. The zero-order valence-electron chi connectivity index (χ0n) is 15.6. The number of methoxy groups -OCH3 is 2. The summed E-state index contributed by atoms with van der Waals surface area (Å²) in [5.41, 5.74) is 1.07. The molecular weight excluding hydrogens is 364 g/mol. The SMILES string of the molecule is COc1ccc(/C=C/C(=O)OCC(=O)c2ccc3c(c2)OCCO3)c(OC)c1. The number of hydrogen-bond acceptors (Lipinski definition) is 7. The number of benzene rings is 2. The molecular formula is C21H20O7. The Morgan fingerprint density at radius 2 is 1.79 bits per heavy atom. The number of ether oxygens (including phenoxy) is 5. The summed E-state index contributed by atoms with van der Waals surface area (Å²) in [6, 6.07) is 10.1. The minimum absolute atomic E-state index is 0.333. The van der Waals surface area contributed by atoms with Crippen LogP contribution < -0.4 is 18.9 Å². The van der Waals surface area contributed by atoms with Crippen molar-refractivity contribution in [2.24, 2.45) is 0 Å². The van der Waals surface area contributed by atoms with Crippen molar-refractivity contribution >= 4 is 17.8 Å².